The molecule has 0 radical (unpaired) electrons. The van der Waals surface area contributed by atoms with E-state index in [9.17, 15) is 31.9 Å². The van der Waals surface area contributed by atoms with E-state index in [1.807, 2.05) is 0 Å². The van der Waals surface area contributed by atoms with E-state index in [1.54, 1.807) is 6.92 Å². The summed E-state index contributed by atoms with van der Waals surface area (Å²) in [7, 11) is 0. The highest BCUT2D eigenvalue weighted by Gasteiger charge is 2.34. The van der Waals surface area contributed by atoms with Crippen molar-refractivity contribution in [3.8, 4) is 0 Å². The van der Waals surface area contributed by atoms with Gasteiger partial charge in [0.2, 0.25) is 0 Å². The molecule has 178 valence electrons. The summed E-state index contributed by atoms with van der Waals surface area (Å²) in [5.41, 5.74) is -2.80. The molecule has 1 atom stereocenters. The second kappa shape index (κ2) is 9.77. The smallest absolute Gasteiger partial charge is 0.418 e. The highest BCUT2D eigenvalue weighted by Crippen LogP contribution is 2.35. The maximum Gasteiger partial charge on any atom is 0.418 e. The van der Waals surface area contributed by atoms with E-state index in [4.69, 9.17) is 16.7 Å². The molecule has 1 unspecified atom stereocenters. The van der Waals surface area contributed by atoms with Crippen molar-refractivity contribution in [2.45, 2.75) is 25.4 Å². The van der Waals surface area contributed by atoms with Crippen LogP contribution in [0.2, 0.25) is 5.02 Å². The van der Waals surface area contributed by atoms with Crippen molar-refractivity contribution in [2.24, 2.45) is 0 Å². The minimum atomic E-state index is -4.74. The van der Waals surface area contributed by atoms with Gasteiger partial charge in [-0.05, 0) is 6.07 Å². The molecule has 9 nitrogen and oxygen atoms in total. The summed E-state index contributed by atoms with van der Waals surface area (Å²) in [6.07, 6.45) is -2.38. The van der Waals surface area contributed by atoms with Crippen molar-refractivity contribution >= 4 is 46.4 Å². The predicted molar refractivity (Wildman–Crippen MR) is 111 cm³/mol. The third-order valence-electron chi connectivity index (χ3n) is 4.32. The van der Waals surface area contributed by atoms with Crippen molar-refractivity contribution < 1.29 is 37.1 Å². The number of halogens is 5. The largest absolute Gasteiger partial charge is 0.476 e. The number of nitrogens with one attached hydrogen (secondary N) is 1. The Morgan fingerprint density at radius 2 is 1.82 bits per heavy atom. The standard InChI is InChI=1S/C19H12ClF4N5O4S/c1-7(2-10(30)14-13(21)15(18(32)33)28-6-27-14)17-26-5-11(34-17)16(31)29-12-3-8(19(22,23)24)9(20)4-25-12/h3-7H,2H2,1H3,(H,32,33)(H,25,29,31). The summed E-state index contributed by atoms with van der Waals surface area (Å²) in [6, 6.07) is 0.588. The van der Waals surface area contributed by atoms with Gasteiger partial charge in [-0.1, -0.05) is 18.5 Å². The number of hydrogen-bond acceptors (Lipinski definition) is 8. The van der Waals surface area contributed by atoms with E-state index in [-0.39, 0.29) is 17.1 Å². The van der Waals surface area contributed by atoms with Gasteiger partial charge in [-0.25, -0.2) is 29.1 Å². The number of aromatic nitrogens is 4. The Morgan fingerprint density at radius 1 is 1.15 bits per heavy atom. The predicted octanol–water partition coefficient (Wildman–Crippen LogP) is 4.47. The second-order valence-corrected chi connectivity index (χ2v) is 8.25. The molecule has 0 aliphatic rings. The van der Waals surface area contributed by atoms with Gasteiger partial charge in [0.15, 0.2) is 17.3 Å². The van der Waals surface area contributed by atoms with Gasteiger partial charge in [0.05, 0.1) is 21.8 Å². The number of alkyl halides is 3. The molecule has 3 aromatic heterocycles. The Labute approximate surface area is 196 Å². The molecule has 0 bridgehead atoms. The Balaban J connectivity index is 1.72. The number of ketones is 1. The Kier molecular flexibility index (Phi) is 7.21. The molecular weight excluding hydrogens is 506 g/mol. The summed E-state index contributed by atoms with van der Waals surface area (Å²) in [4.78, 5) is 50.2. The lowest BCUT2D eigenvalue weighted by Gasteiger charge is -2.10. The molecule has 0 fully saturated rings. The molecule has 3 heterocycles. The number of nitrogens with zero attached hydrogens (tertiary/aromatic N) is 4. The third-order valence-corrected chi connectivity index (χ3v) is 5.85. The zero-order chi connectivity index (χ0) is 25.2. The zero-order valence-electron chi connectivity index (χ0n) is 16.9. The number of rotatable bonds is 7. The van der Waals surface area contributed by atoms with Crippen LogP contribution >= 0.6 is 22.9 Å². The molecule has 0 aliphatic carbocycles. The second-order valence-electron chi connectivity index (χ2n) is 6.78. The molecule has 1 amide bonds. The van der Waals surface area contributed by atoms with E-state index in [0.29, 0.717) is 11.1 Å². The van der Waals surface area contributed by atoms with Crippen molar-refractivity contribution in [3.63, 3.8) is 0 Å². The number of anilines is 1. The van der Waals surface area contributed by atoms with Crippen LogP contribution in [0, 0.1) is 5.82 Å². The van der Waals surface area contributed by atoms with Crippen LogP contribution in [0.4, 0.5) is 23.4 Å². The molecule has 3 aromatic rings. The van der Waals surface area contributed by atoms with E-state index < -0.39 is 57.5 Å². The number of pyridine rings is 1. The number of carboxylic acids is 1. The van der Waals surface area contributed by atoms with Crippen LogP contribution in [-0.2, 0) is 6.18 Å². The lowest BCUT2D eigenvalue weighted by molar-refractivity contribution is -0.137. The van der Waals surface area contributed by atoms with Crippen LogP contribution in [0.3, 0.4) is 0 Å². The van der Waals surface area contributed by atoms with Crippen molar-refractivity contribution in [1.82, 2.24) is 19.9 Å². The quantitative estimate of drug-likeness (QED) is 0.346. The fraction of sp³-hybridized carbons (Fsp3) is 0.211. The van der Waals surface area contributed by atoms with E-state index in [2.05, 4.69) is 25.3 Å². The van der Waals surface area contributed by atoms with Gasteiger partial charge in [-0.3, -0.25) is 9.59 Å². The fourth-order valence-electron chi connectivity index (χ4n) is 2.70. The molecule has 0 saturated heterocycles. The van der Waals surface area contributed by atoms with Crippen molar-refractivity contribution in [1.29, 1.82) is 0 Å². The number of carbonyl (C=O) groups excluding carboxylic acids is 2. The van der Waals surface area contributed by atoms with Gasteiger partial charge in [0.25, 0.3) is 5.91 Å². The lowest BCUT2D eigenvalue weighted by atomic mass is 10.0. The van der Waals surface area contributed by atoms with Gasteiger partial charge < -0.3 is 10.4 Å². The van der Waals surface area contributed by atoms with Crippen LogP contribution in [0.15, 0.2) is 24.8 Å². The van der Waals surface area contributed by atoms with E-state index >= 15 is 0 Å². The first-order valence-corrected chi connectivity index (χ1v) is 10.3. The number of Topliss-reactive ketones (excluding diaryl/α,β-unsaturated/α-hetero) is 1. The molecule has 0 aliphatic heterocycles. The first-order valence-electron chi connectivity index (χ1n) is 9.15. The summed E-state index contributed by atoms with van der Waals surface area (Å²) >= 11 is 6.36. The van der Waals surface area contributed by atoms with E-state index in [0.717, 1.165) is 30.1 Å². The van der Waals surface area contributed by atoms with Crippen LogP contribution < -0.4 is 5.32 Å². The Hall–Kier alpha value is -3.52. The number of carbonyl (C=O) groups is 3. The van der Waals surface area contributed by atoms with Crippen LogP contribution in [0.5, 0.6) is 0 Å². The summed E-state index contributed by atoms with van der Waals surface area (Å²) in [5.74, 6) is -5.62. The highest BCUT2D eigenvalue weighted by atomic mass is 35.5. The summed E-state index contributed by atoms with van der Waals surface area (Å²) in [6.45, 7) is 1.56. The number of thiazole rings is 1. The monoisotopic (exact) mass is 517 g/mol. The average molecular weight is 518 g/mol. The first kappa shape index (κ1) is 25.1. The zero-order valence-corrected chi connectivity index (χ0v) is 18.4. The fourth-order valence-corrected chi connectivity index (χ4v) is 3.77. The minimum absolute atomic E-state index is 0.0148. The first-order chi connectivity index (χ1) is 15.9. The molecule has 3 rings (SSSR count). The van der Waals surface area contributed by atoms with Gasteiger partial charge in [0.1, 0.15) is 22.7 Å². The molecule has 34 heavy (non-hydrogen) atoms. The maximum absolute atomic E-state index is 14.2. The number of hydrogen-bond donors (Lipinski definition) is 2. The normalized spacial score (nSPS) is 12.3. The SMILES string of the molecule is CC(CC(=O)c1ncnc(C(=O)O)c1F)c1ncc(C(=O)Nc2cc(C(F)(F)F)c(Cl)cn2)s1. The number of aromatic carboxylic acids is 1. The number of amides is 1. The van der Waals surface area contributed by atoms with Crippen LogP contribution in [-0.4, -0.2) is 42.7 Å². The van der Waals surface area contributed by atoms with Gasteiger partial charge >= 0.3 is 12.1 Å². The van der Waals surface area contributed by atoms with Crippen molar-refractivity contribution in [3.05, 3.63) is 62.5 Å². The minimum Gasteiger partial charge on any atom is -0.476 e. The van der Waals surface area contributed by atoms with E-state index in [1.165, 1.54) is 0 Å². The Morgan fingerprint density at radius 3 is 2.47 bits per heavy atom. The molecular formula is C19H12ClF4N5O4S. The lowest BCUT2D eigenvalue weighted by Crippen LogP contribution is -2.14. The molecule has 15 heteroatoms. The summed E-state index contributed by atoms with van der Waals surface area (Å²) < 4.78 is 53.1. The third kappa shape index (κ3) is 5.51. The molecule has 0 spiro atoms. The molecule has 0 aromatic carbocycles. The maximum atomic E-state index is 14.2. The topological polar surface area (TPSA) is 135 Å². The Bertz CT molecular complexity index is 1280. The summed E-state index contributed by atoms with van der Waals surface area (Å²) in [5, 5.41) is 10.8. The highest BCUT2D eigenvalue weighted by molar-refractivity contribution is 7.13. The molecule has 0 saturated carbocycles. The van der Waals surface area contributed by atoms with Gasteiger partial charge in [-0.2, -0.15) is 13.2 Å². The average Bonchev–Trinajstić information content (AvgIpc) is 3.25. The van der Waals surface area contributed by atoms with Crippen LogP contribution in [0.1, 0.15) is 60.5 Å². The van der Waals surface area contributed by atoms with Gasteiger partial charge in [0, 0.05) is 18.5 Å². The van der Waals surface area contributed by atoms with Crippen molar-refractivity contribution in [2.75, 3.05) is 5.32 Å². The van der Waals surface area contributed by atoms with Gasteiger partial charge in [-0.15, -0.1) is 11.3 Å². The molecule has 2 N–H and O–H groups in total. The van der Waals surface area contributed by atoms with Crippen LogP contribution in [0.25, 0.3) is 0 Å². The number of carboxylic acid groups (broad SMARTS) is 1.